The summed E-state index contributed by atoms with van der Waals surface area (Å²) in [4.78, 5) is 0. The summed E-state index contributed by atoms with van der Waals surface area (Å²) >= 11 is 0. The van der Waals surface area contributed by atoms with Crippen LogP contribution in [0.3, 0.4) is 0 Å². The van der Waals surface area contributed by atoms with Crippen LogP contribution >= 0.6 is 0 Å². The average molecular weight is 284 g/mol. The minimum absolute atomic E-state index is 0.00540. The number of phenols is 1. The topological polar surface area (TPSA) is 20.2 Å². The van der Waals surface area contributed by atoms with E-state index in [1.807, 2.05) is 6.07 Å². The molecule has 1 nitrogen and oxygen atoms in total. The van der Waals surface area contributed by atoms with Crippen molar-refractivity contribution in [2.75, 3.05) is 0 Å². The van der Waals surface area contributed by atoms with Crippen molar-refractivity contribution >= 4 is 10.8 Å². The number of rotatable bonds is 4. The monoisotopic (exact) mass is 284 g/mol. The Morgan fingerprint density at radius 3 is 2.00 bits per heavy atom. The van der Waals surface area contributed by atoms with E-state index in [4.69, 9.17) is 0 Å². The van der Waals surface area contributed by atoms with E-state index >= 15 is 0 Å². The van der Waals surface area contributed by atoms with E-state index in [1.54, 1.807) is 0 Å². The van der Waals surface area contributed by atoms with Gasteiger partial charge in [-0.1, -0.05) is 59.7 Å². The molecule has 0 fully saturated rings. The second-order valence-corrected chi connectivity index (χ2v) is 7.41. The SMILES string of the molecule is CCC(C)(C)c1ccc2cc(O)c(C(C)(C)CC)cc2c1. The summed E-state index contributed by atoms with van der Waals surface area (Å²) in [6.07, 6.45) is 2.12. The van der Waals surface area contributed by atoms with Gasteiger partial charge in [-0.25, -0.2) is 0 Å². The summed E-state index contributed by atoms with van der Waals surface area (Å²) in [5.74, 6) is 0.414. The van der Waals surface area contributed by atoms with Gasteiger partial charge in [0.2, 0.25) is 0 Å². The maximum Gasteiger partial charge on any atom is 0.119 e. The molecule has 2 rings (SSSR count). The Balaban J connectivity index is 2.64. The molecule has 21 heavy (non-hydrogen) atoms. The fourth-order valence-electron chi connectivity index (χ4n) is 2.64. The van der Waals surface area contributed by atoms with Crippen LogP contribution in [0.25, 0.3) is 10.8 Å². The van der Waals surface area contributed by atoms with Gasteiger partial charge in [-0.2, -0.15) is 0 Å². The zero-order valence-electron chi connectivity index (χ0n) is 14.2. The van der Waals surface area contributed by atoms with E-state index in [9.17, 15) is 5.11 Å². The van der Waals surface area contributed by atoms with E-state index in [0.717, 1.165) is 23.8 Å². The first kappa shape index (κ1) is 15.9. The molecular formula is C20H28O. The zero-order chi connectivity index (χ0) is 15.8. The summed E-state index contributed by atoms with van der Waals surface area (Å²) < 4.78 is 0. The Morgan fingerprint density at radius 1 is 0.810 bits per heavy atom. The van der Waals surface area contributed by atoms with Gasteiger partial charge in [0.15, 0.2) is 0 Å². The highest BCUT2D eigenvalue weighted by atomic mass is 16.3. The van der Waals surface area contributed by atoms with Crippen LogP contribution in [0.1, 0.15) is 65.5 Å². The van der Waals surface area contributed by atoms with Crippen molar-refractivity contribution in [2.45, 2.75) is 65.2 Å². The van der Waals surface area contributed by atoms with Crippen molar-refractivity contribution in [3.8, 4) is 5.75 Å². The van der Waals surface area contributed by atoms with Crippen LogP contribution in [0.15, 0.2) is 30.3 Å². The van der Waals surface area contributed by atoms with Crippen molar-refractivity contribution in [3.63, 3.8) is 0 Å². The van der Waals surface area contributed by atoms with E-state index in [2.05, 4.69) is 65.8 Å². The summed E-state index contributed by atoms with van der Waals surface area (Å²) in [6.45, 7) is 13.3. The molecule has 2 aromatic rings. The van der Waals surface area contributed by atoms with Gasteiger partial charge < -0.3 is 5.11 Å². The minimum atomic E-state index is -0.00540. The van der Waals surface area contributed by atoms with Gasteiger partial charge in [-0.3, -0.25) is 0 Å². The van der Waals surface area contributed by atoms with Crippen molar-refractivity contribution in [3.05, 3.63) is 41.5 Å². The molecule has 2 aromatic carbocycles. The average Bonchev–Trinajstić information content (AvgIpc) is 2.45. The molecule has 0 aliphatic heterocycles. The summed E-state index contributed by atoms with van der Waals surface area (Å²) in [6, 6.07) is 10.7. The predicted octanol–water partition coefficient (Wildman–Crippen LogP) is 5.92. The lowest BCUT2D eigenvalue weighted by molar-refractivity contribution is 0.430. The molecule has 0 radical (unpaired) electrons. The van der Waals surface area contributed by atoms with Gasteiger partial charge in [0.25, 0.3) is 0 Å². The molecule has 0 aliphatic rings. The summed E-state index contributed by atoms with van der Waals surface area (Å²) in [5, 5.41) is 12.7. The number of phenolic OH excluding ortho intramolecular Hbond substituents is 1. The molecule has 1 heteroatoms. The quantitative estimate of drug-likeness (QED) is 0.738. The lowest BCUT2D eigenvalue weighted by Crippen LogP contribution is -2.16. The van der Waals surface area contributed by atoms with Crippen LogP contribution in [-0.2, 0) is 10.8 Å². The lowest BCUT2D eigenvalue weighted by atomic mass is 9.79. The maximum atomic E-state index is 10.4. The van der Waals surface area contributed by atoms with Gasteiger partial charge >= 0.3 is 0 Å². The second kappa shape index (κ2) is 5.36. The smallest absolute Gasteiger partial charge is 0.119 e. The molecule has 0 spiro atoms. The summed E-state index contributed by atoms with van der Waals surface area (Å²) in [7, 11) is 0. The molecule has 0 atom stereocenters. The summed E-state index contributed by atoms with van der Waals surface area (Å²) in [5.41, 5.74) is 2.59. The van der Waals surface area contributed by atoms with E-state index < -0.39 is 0 Å². The van der Waals surface area contributed by atoms with Crippen molar-refractivity contribution < 1.29 is 5.11 Å². The van der Waals surface area contributed by atoms with Gasteiger partial charge in [0.1, 0.15) is 5.75 Å². The number of fused-ring (bicyclic) bond motifs is 1. The van der Waals surface area contributed by atoms with E-state index in [1.165, 1.54) is 10.9 Å². The molecule has 0 heterocycles. The number of aromatic hydroxyl groups is 1. The van der Waals surface area contributed by atoms with Crippen LogP contribution in [0.2, 0.25) is 0 Å². The van der Waals surface area contributed by atoms with E-state index in [-0.39, 0.29) is 10.8 Å². The molecule has 0 unspecified atom stereocenters. The first-order chi connectivity index (χ1) is 9.71. The van der Waals surface area contributed by atoms with Crippen LogP contribution in [0, 0.1) is 0 Å². The molecular weight excluding hydrogens is 256 g/mol. The molecule has 0 bridgehead atoms. The normalized spacial score (nSPS) is 12.9. The Morgan fingerprint density at radius 2 is 1.43 bits per heavy atom. The third kappa shape index (κ3) is 2.92. The van der Waals surface area contributed by atoms with Gasteiger partial charge in [0, 0.05) is 5.56 Å². The van der Waals surface area contributed by atoms with Crippen molar-refractivity contribution in [1.82, 2.24) is 0 Å². The van der Waals surface area contributed by atoms with Gasteiger partial charge in [-0.05, 0) is 52.1 Å². The molecule has 0 saturated carbocycles. The third-order valence-corrected chi connectivity index (χ3v) is 5.23. The molecule has 0 amide bonds. The molecule has 0 aliphatic carbocycles. The fraction of sp³-hybridized carbons (Fsp3) is 0.500. The Hall–Kier alpha value is -1.50. The fourth-order valence-corrected chi connectivity index (χ4v) is 2.64. The Bertz CT molecular complexity index is 650. The second-order valence-electron chi connectivity index (χ2n) is 7.41. The Kier molecular flexibility index (Phi) is 4.06. The van der Waals surface area contributed by atoms with E-state index in [0.29, 0.717) is 5.75 Å². The first-order valence-electron chi connectivity index (χ1n) is 7.99. The highest BCUT2D eigenvalue weighted by Gasteiger charge is 2.23. The van der Waals surface area contributed by atoms with Crippen LogP contribution in [-0.4, -0.2) is 5.11 Å². The molecule has 114 valence electrons. The van der Waals surface area contributed by atoms with Crippen molar-refractivity contribution in [2.24, 2.45) is 0 Å². The molecule has 1 N–H and O–H groups in total. The standard InChI is InChI=1S/C20H28O/c1-7-19(3,4)16-10-9-14-13-18(21)17(12-15(14)11-16)20(5,6)8-2/h9-13,21H,7-8H2,1-6H3. The van der Waals surface area contributed by atoms with Crippen LogP contribution in [0.5, 0.6) is 5.75 Å². The minimum Gasteiger partial charge on any atom is -0.508 e. The Labute approximate surface area is 129 Å². The number of hydrogen-bond acceptors (Lipinski definition) is 1. The lowest BCUT2D eigenvalue weighted by Gasteiger charge is -2.26. The van der Waals surface area contributed by atoms with Gasteiger partial charge in [-0.15, -0.1) is 0 Å². The van der Waals surface area contributed by atoms with Crippen LogP contribution in [0.4, 0.5) is 0 Å². The number of hydrogen-bond donors (Lipinski definition) is 1. The molecule has 0 aromatic heterocycles. The highest BCUT2D eigenvalue weighted by Crippen LogP contribution is 2.38. The first-order valence-corrected chi connectivity index (χ1v) is 7.99. The largest absolute Gasteiger partial charge is 0.508 e. The highest BCUT2D eigenvalue weighted by molar-refractivity contribution is 5.86. The van der Waals surface area contributed by atoms with Gasteiger partial charge in [0.05, 0.1) is 0 Å². The third-order valence-electron chi connectivity index (χ3n) is 5.23. The molecule has 0 saturated heterocycles. The zero-order valence-corrected chi connectivity index (χ0v) is 14.2. The predicted molar refractivity (Wildman–Crippen MR) is 92.2 cm³/mol. The number of benzene rings is 2. The van der Waals surface area contributed by atoms with Crippen molar-refractivity contribution in [1.29, 1.82) is 0 Å². The van der Waals surface area contributed by atoms with Crippen LogP contribution < -0.4 is 0 Å². The maximum absolute atomic E-state index is 10.4.